The Balaban J connectivity index is 1.75. The van der Waals surface area contributed by atoms with Gasteiger partial charge in [-0.2, -0.15) is 0 Å². The number of nitrogens with zero attached hydrogens (tertiary/aromatic N) is 2. The van der Waals surface area contributed by atoms with Gasteiger partial charge < -0.3 is 19.6 Å². The Morgan fingerprint density at radius 2 is 1.89 bits per heavy atom. The summed E-state index contributed by atoms with van der Waals surface area (Å²) in [5.74, 6) is 0.632. The molecule has 2 heterocycles. The quantitative estimate of drug-likeness (QED) is 0.559. The molecule has 4 rings (SSSR count). The third-order valence-electron chi connectivity index (χ3n) is 4.63. The molecule has 0 aliphatic rings. The van der Waals surface area contributed by atoms with Crippen molar-refractivity contribution in [2.75, 3.05) is 12.4 Å². The maximum atomic E-state index is 11.3. The Hall–Kier alpha value is -3.54. The smallest absolute Gasteiger partial charge is 0.335 e. The van der Waals surface area contributed by atoms with E-state index >= 15 is 0 Å². The molecule has 0 amide bonds. The van der Waals surface area contributed by atoms with Crippen LogP contribution in [0, 0.1) is 6.92 Å². The molecule has 2 N–H and O–H groups in total. The monoisotopic (exact) mass is 361 g/mol. The molecular formula is C21H19N3O3. The van der Waals surface area contributed by atoms with Gasteiger partial charge in [0.15, 0.2) is 5.82 Å². The van der Waals surface area contributed by atoms with E-state index < -0.39 is 5.97 Å². The predicted octanol–water partition coefficient (Wildman–Crippen LogP) is 4.11. The molecule has 0 saturated carbocycles. The van der Waals surface area contributed by atoms with E-state index in [1.165, 1.54) is 0 Å². The number of methoxy groups -OCH3 is 1. The van der Waals surface area contributed by atoms with Gasteiger partial charge in [0, 0.05) is 12.2 Å². The van der Waals surface area contributed by atoms with E-state index in [0.717, 1.165) is 39.4 Å². The average Bonchev–Trinajstić information content (AvgIpc) is 3.08. The number of benzene rings is 2. The van der Waals surface area contributed by atoms with Crippen LogP contribution in [0.2, 0.25) is 0 Å². The number of aromatic carboxylic acids is 1. The van der Waals surface area contributed by atoms with E-state index in [1.807, 2.05) is 47.7 Å². The molecule has 0 saturated heterocycles. The lowest BCUT2D eigenvalue weighted by Gasteiger charge is -2.12. The molecule has 0 unspecified atom stereocenters. The van der Waals surface area contributed by atoms with Crippen molar-refractivity contribution in [2.45, 2.75) is 13.5 Å². The van der Waals surface area contributed by atoms with Gasteiger partial charge in [-0.05, 0) is 55.0 Å². The summed E-state index contributed by atoms with van der Waals surface area (Å²) in [6.45, 7) is 2.61. The van der Waals surface area contributed by atoms with Crippen LogP contribution in [0.15, 0.2) is 54.6 Å². The Labute approximate surface area is 156 Å². The first kappa shape index (κ1) is 16.9. The van der Waals surface area contributed by atoms with Gasteiger partial charge >= 0.3 is 5.97 Å². The highest BCUT2D eigenvalue weighted by Crippen LogP contribution is 2.26. The third-order valence-corrected chi connectivity index (χ3v) is 4.63. The largest absolute Gasteiger partial charge is 0.497 e. The maximum absolute atomic E-state index is 11.3. The fourth-order valence-electron chi connectivity index (χ4n) is 3.21. The van der Waals surface area contributed by atoms with E-state index in [-0.39, 0.29) is 5.56 Å². The molecule has 0 fully saturated rings. The van der Waals surface area contributed by atoms with E-state index in [1.54, 1.807) is 25.3 Å². The summed E-state index contributed by atoms with van der Waals surface area (Å²) < 4.78 is 7.22. The number of ether oxygens (including phenoxy) is 1. The molecule has 0 atom stereocenters. The molecule has 2 aromatic carbocycles. The molecule has 0 spiro atoms. The lowest BCUT2D eigenvalue weighted by molar-refractivity contribution is 0.0697. The van der Waals surface area contributed by atoms with Gasteiger partial charge in [-0.25, -0.2) is 9.78 Å². The Morgan fingerprint density at radius 1 is 1.11 bits per heavy atom. The zero-order valence-electron chi connectivity index (χ0n) is 15.1. The summed E-state index contributed by atoms with van der Waals surface area (Å²) in [7, 11) is 1.65. The first-order chi connectivity index (χ1) is 13.1. The van der Waals surface area contributed by atoms with E-state index in [0.29, 0.717) is 6.54 Å². The molecule has 6 nitrogen and oxygen atoms in total. The Kier molecular flexibility index (Phi) is 4.16. The van der Waals surface area contributed by atoms with Crippen LogP contribution in [0.1, 0.15) is 21.6 Å². The number of hydrogen-bond donors (Lipinski definition) is 2. The number of hydrogen-bond acceptors (Lipinski definition) is 4. The topological polar surface area (TPSA) is 75.9 Å². The minimum Gasteiger partial charge on any atom is -0.497 e. The van der Waals surface area contributed by atoms with Gasteiger partial charge in [-0.1, -0.05) is 12.1 Å². The van der Waals surface area contributed by atoms with Crippen LogP contribution in [0.3, 0.4) is 0 Å². The van der Waals surface area contributed by atoms with Gasteiger partial charge in [0.25, 0.3) is 0 Å². The number of aryl methyl sites for hydroxylation is 1. The van der Waals surface area contributed by atoms with Gasteiger partial charge in [0.2, 0.25) is 0 Å². The predicted molar refractivity (Wildman–Crippen MR) is 105 cm³/mol. The first-order valence-electron chi connectivity index (χ1n) is 8.59. The second kappa shape index (κ2) is 6.64. The van der Waals surface area contributed by atoms with Crippen molar-refractivity contribution >= 4 is 28.3 Å². The third kappa shape index (κ3) is 3.06. The molecule has 27 heavy (non-hydrogen) atoms. The Bertz CT molecular complexity index is 1150. The molecule has 0 aliphatic carbocycles. The first-order valence-corrected chi connectivity index (χ1v) is 8.59. The number of fused-ring (bicyclic) bond motifs is 3. The van der Waals surface area contributed by atoms with Crippen molar-refractivity contribution < 1.29 is 14.6 Å². The fourth-order valence-corrected chi connectivity index (χ4v) is 3.21. The van der Waals surface area contributed by atoms with Crippen LogP contribution in [0.4, 0.5) is 5.82 Å². The van der Waals surface area contributed by atoms with Crippen molar-refractivity contribution in [1.29, 1.82) is 0 Å². The number of carboxylic acids is 1. The highest BCUT2D eigenvalue weighted by Gasteiger charge is 2.12. The van der Waals surface area contributed by atoms with E-state index in [9.17, 15) is 9.90 Å². The summed E-state index contributed by atoms with van der Waals surface area (Å²) in [4.78, 5) is 16.0. The molecular weight excluding hydrogens is 342 g/mol. The van der Waals surface area contributed by atoms with Crippen LogP contribution < -0.4 is 10.1 Å². The van der Waals surface area contributed by atoms with Crippen LogP contribution in [-0.2, 0) is 6.54 Å². The average molecular weight is 361 g/mol. The Morgan fingerprint density at radius 3 is 2.59 bits per heavy atom. The standard InChI is InChI=1S/C21H19N3O3/c1-13-3-10-18-20(22-12-14-4-7-16(27-2)8-5-14)23-17-9-6-15(21(25)26)11-19(17)24(13)18/h3-11H,12H2,1-2H3,(H,22,23)(H,25,26). The van der Waals surface area contributed by atoms with Crippen LogP contribution in [-0.4, -0.2) is 27.6 Å². The molecule has 6 heteroatoms. The van der Waals surface area contributed by atoms with E-state index in [4.69, 9.17) is 9.72 Å². The van der Waals surface area contributed by atoms with Gasteiger partial charge in [-0.15, -0.1) is 0 Å². The summed E-state index contributed by atoms with van der Waals surface area (Å²) in [6, 6.07) is 16.8. The number of carbonyl (C=O) groups is 1. The van der Waals surface area contributed by atoms with Crippen molar-refractivity contribution in [1.82, 2.24) is 9.38 Å². The highest BCUT2D eigenvalue weighted by molar-refractivity contribution is 5.94. The molecule has 0 aliphatic heterocycles. The lowest BCUT2D eigenvalue weighted by atomic mass is 10.2. The SMILES string of the molecule is COc1ccc(CNc2nc3ccc(C(=O)O)cc3n3c(C)ccc23)cc1. The number of anilines is 1. The van der Waals surface area contributed by atoms with Crippen LogP contribution in [0.5, 0.6) is 5.75 Å². The molecule has 4 aromatic rings. The zero-order chi connectivity index (χ0) is 19.0. The fraction of sp³-hybridized carbons (Fsp3) is 0.143. The number of aromatic nitrogens is 2. The summed E-state index contributed by atoms with van der Waals surface area (Å²) in [5.41, 5.74) is 4.81. The van der Waals surface area contributed by atoms with Crippen molar-refractivity contribution in [3.05, 3.63) is 71.4 Å². The lowest BCUT2D eigenvalue weighted by Crippen LogP contribution is -2.06. The minimum atomic E-state index is -0.948. The minimum absolute atomic E-state index is 0.248. The maximum Gasteiger partial charge on any atom is 0.335 e. The molecule has 0 bridgehead atoms. The summed E-state index contributed by atoms with van der Waals surface area (Å²) in [6.07, 6.45) is 0. The number of nitrogens with one attached hydrogen (secondary N) is 1. The molecule has 0 radical (unpaired) electrons. The van der Waals surface area contributed by atoms with Crippen LogP contribution in [0.25, 0.3) is 16.6 Å². The molecule has 2 aromatic heterocycles. The van der Waals surface area contributed by atoms with Crippen LogP contribution >= 0.6 is 0 Å². The van der Waals surface area contributed by atoms with Gasteiger partial charge in [0.05, 0.1) is 29.2 Å². The number of carboxylic acid groups (broad SMARTS) is 1. The van der Waals surface area contributed by atoms with Gasteiger partial charge in [0.1, 0.15) is 5.75 Å². The second-order valence-corrected chi connectivity index (χ2v) is 6.37. The van der Waals surface area contributed by atoms with Crippen molar-refractivity contribution in [2.24, 2.45) is 0 Å². The normalized spacial score (nSPS) is 11.0. The summed E-state index contributed by atoms with van der Waals surface area (Å²) in [5, 5.41) is 12.7. The van der Waals surface area contributed by atoms with Crippen molar-refractivity contribution in [3.8, 4) is 5.75 Å². The second-order valence-electron chi connectivity index (χ2n) is 6.37. The van der Waals surface area contributed by atoms with Crippen molar-refractivity contribution in [3.63, 3.8) is 0 Å². The number of rotatable bonds is 5. The highest BCUT2D eigenvalue weighted by atomic mass is 16.5. The van der Waals surface area contributed by atoms with E-state index in [2.05, 4.69) is 5.32 Å². The summed E-state index contributed by atoms with van der Waals surface area (Å²) >= 11 is 0. The zero-order valence-corrected chi connectivity index (χ0v) is 15.1. The molecule has 136 valence electrons. The van der Waals surface area contributed by atoms with Gasteiger partial charge in [-0.3, -0.25) is 0 Å².